The molecular weight excluding hydrogens is 242 g/mol. The minimum atomic E-state index is -0.174. The quantitative estimate of drug-likeness (QED) is 0.630. The largest absolute Gasteiger partial charge is 0.385 e. The van der Waals surface area contributed by atoms with E-state index in [1.807, 2.05) is 24.3 Å². The van der Waals surface area contributed by atoms with E-state index in [0.717, 1.165) is 37.1 Å². The number of nitrogens with two attached hydrogens (primary N) is 1. The van der Waals surface area contributed by atoms with Crippen molar-refractivity contribution in [1.29, 1.82) is 0 Å². The van der Waals surface area contributed by atoms with Crippen molar-refractivity contribution >= 4 is 11.7 Å². The molecule has 1 rings (SSSR count). The first-order chi connectivity index (χ1) is 9.26. The van der Waals surface area contributed by atoms with Gasteiger partial charge in [-0.25, -0.2) is 4.79 Å². The molecule has 0 aliphatic carbocycles. The SMILES string of the molecule is COCCCCCNC(=O)Nc1ccc(CN)cc1. The zero-order chi connectivity index (χ0) is 13.9. The molecule has 0 aliphatic heterocycles. The summed E-state index contributed by atoms with van der Waals surface area (Å²) in [5.41, 5.74) is 7.33. The zero-order valence-corrected chi connectivity index (χ0v) is 11.4. The van der Waals surface area contributed by atoms with Crippen LogP contribution in [0.1, 0.15) is 24.8 Å². The molecule has 5 heteroatoms. The molecule has 1 aromatic rings. The highest BCUT2D eigenvalue weighted by atomic mass is 16.5. The Morgan fingerprint density at radius 1 is 1.21 bits per heavy atom. The highest BCUT2D eigenvalue weighted by molar-refractivity contribution is 5.89. The number of hydrogen-bond acceptors (Lipinski definition) is 3. The Hall–Kier alpha value is -1.59. The smallest absolute Gasteiger partial charge is 0.319 e. The van der Waals surface area contributed by atoms with Crippen LogP contribution in [0.25, 0.3) is 0 Å². The van der Waals surface area contributed by atoms with Crippen molar-refractivity contribution in [2.24, 2.45) is 5.73 Å². The van der Waals surface area contributed by atoms with E-state index in [4.69, 9.17) is 10.5 Å². The van der Waals surface area contributed by atoms with Crippen LogP contribution in [0.2, 0.25) is 0 Å². The molecule has 0 fully saturated rings. The molecule has 106 valence electrons. The fourth-order valence-electron chi connectivity index (χ4n) is 1.65. The van der Waals surface area contributed by atoms with Crippen LogP contribution < -0.4 is 16.4 Å². The second-order valence-corrected chi connectivity index (χ2v) is 4.34. The molecule has 0 atom stereocenters. The number of hydrogen-bond donors (Lipinski definition) is 3. The summed E-state index contributed by atoms with van der Waals surface area (Å²) in [6, 6.07) is 7.33. The number of benzene rings is 1. The number of anilines is 1. The fourth-order valence-corrected chi connectivity index (χ4v) is 1.65. The molecule has 1 aromatic carbocycles. The molecule has 19 heavy (non-hydrogen) atoms. The lowest BCUT2D eigenvalue weighted by Crippen LogP contribution is -2.29. The van der Waals surface area contributed by atoms with Gasteiger partial charge in [-0.05, 0) is 37.0 Å². The number of unbranched alkanes of at least 4 members (excludes halogenated alkanes) is 2. The third-order valence-corrected chi connectivity index (χ3v) is 2.76. The zero-order valence-electron chi connectivity index (χ0n) is 11.4. The van der Waals surface area contributed by atoms with Gasteiger partial charge in [0.2, 0.25) is 0 Å². The lowest BCUT2D eigenvalue weighted by Gasteiger charge is -2.08. The normalized spacial score (nSPS) is 10.2. The third kappa shape index (κ3) is 6.79. The van der Waals surface area contributed by atoms with Crippen LogP contribution in [-0.4, -0.2) is 26.3 Å². The van der Waals surface area contributed by atoms with Crippen LogP contribution in [0.15, 0.2) is 24.3 Å². The predicted octanol–water partition coefficient (Wildman–Crippen LogP) is 2.08. The minimum Gasteiger partial charge on any atom is -0.385 e. The van der Waals surface area contributed by atoms with Gasteiger partial charge >= 0.3 is 6.03 Å². The molecule has 0 saturated carbocycles. The number of ether oxygens (including phenoxy) is 1. The van der Waals surface area contributed by atoms with Gasteiger partial charge in [-0.3, -0.25) is 0 Å². The van der Waals surface area contributed by atoms with Crippen molar-refractivity contribution < 1.29 is 9.53 Å². The fraction of sp³-hybridized carbons (Fsp3) is 0.500. The van der Waals surface area contributed by atoms with Crippen molar-refractivity contribution in [2.75, 3.05) is 25.6 Å². The molecule has 0 bridgehead atoms. The number of amides is 2. The van der Waals surface area contributed by atoms with Gasteiger partial charge in [0.05, 0.1) is 0 Å². The van der Waals surface area contributed by atoms with Crippen LogP contribution >= 0.6 is 0 Å². The Kier molecular flexibility index (Phi) is 7.62. The van der Waals surface area contributed by atoms with Crippen molar-refractivity contribution in [1.82, 2.24) is 5.32 Å². The Morgan fingerprint density at radius 2 is 1.95 bits per heavy atom. The number of rotatable bonds is 8. The van der Waals surface area contributed by atoms with E-state index in [1.165, 1.54) is 0 Å². The molecule has 2 amide bonds. The van der Waals surface area contributed by atoms with E-state index >= 15 is 0 Å². The Morgan fingerprint density at radius 3 is 2.58 bits per heavy atom. The molecule has 0 saturated heterocycles. The first kappa shape index (κ1) is 15.5. The maximum Gasteiger partial charge on any atom is 0.319 e. The number of urea groups is 1. The molecule has 0 heterocycles. The summed E-state index contributed by atoms with van der Waals surface area (Å²) in [5, 5.41) is 5.60. The molecule has 0 spiro atoms. The van der Waals surface area contributed by atoms with E-state index < -0.39 is 0 Å². The molecule has 5 nitrogen and oxygen atoms in total. The van der Waals surface area contributed by atoms with Crippen molar-refractivity contribution in [3.63, 3.8) is 0 Å². The highest BCUT2D eigenvalue weighted by Crippen LogP contribution is 2.08. The standard InChI is InChI=1S/C14H23N3O2/c1-19-10-4-2-3-9-16-14(18)17-13-7-5-12(11-15)6-8-13/h5-8H,2-4,9-11,15H2,1H3,(H2,16,17,18). The van der Waals surface area contributed by atoms with Gasteiger partial charge in [-0.1, -0.05) is 12.1 Å². The second kappa shape index (κ2) is 9.35. The van der Waals surface area contributed by atoms with Crippen LogP contribution in [0.4, 0.5) is 10.5 Å². The molecular formula is C14H23N3O2. The number of nitrogens with one attached hydrogen (secondary N) is 2. The van der Waals surface area contributed by atoms with Crippen molar-refractivity contribution in [3.05, 3.63) is 29.8 Å². The Labute approximate surface area is 114 Å². The maximum absolute atomic E-state index is 11.6. The third-order valence-electron chi connectivity index (χ3n) is 2.76. The summed E-state index contributed by atoms with van der Waals surface area (Å²) < 4.78 is 4.96. The Bertz CT molecular complexity index is 365. The van der Waals surface area contributed by atoms with Gasteiger partial charge in [0.1, 0.15) is 0 Å². The van der Waals surface area contributed by atoms with E-state index in [2.05, 4.69) is 10.6 Å². The van der Waals surface area contributed by atoms with Gasteiger partial charge in [0.15, 0.2) is 0 Å². The van der Waals surface area contributed by atoms with Crippen molar-refractivity contribution in [2.45, 2.75) is 25.8 Å². The summed E-state index contributed by atoms with van der Waals surface area (Å²) in [7, 11) is 1.70. The predicted molar refractivity (Wildman–Crippen MR) is 77.1 cm³/mol. The van der Waals surface area contributed by atoms with Crippen LogP contribution in [-0.2, 0) is 11.3 Å². The summed E-state index contributed by atoms with van der Waals surface area (Å²) in [4.78, 5) is 11.6. The molecule has 4 N–H and O–H groups in total. The first-order valence-electron chi connectivity index (χ1n) is 6.59. The van der Waals surface area contributed by atoms with Crippen molar-refractivity contribution in [3.8, 4) is 0 Å². The molecule has 0 aliphatic rings. The minimum absolute atomic E-state index is 0.174. The lowest BCUT2D eigenvalue weighted by molar-refractivity contribution is 0.192. The second-order valence-electron chi connectivity index (χ2n) is 4.34. The van der Waals surface area contributed by atoms with Crippen LogP contribution in [0.3, 0.4) is 0 Å². The van der Waals surface area contributed by atoms with Gasteiger partial charge in [-0.15, -0.1) is 0 Å². The maximum atomic E-state index is 11.6. The highest BCUT2D eigenvalue weighted by Gasteiger charge is 2.00. The average molecular weight is 265 g/mol. The monoisotopic (exact) mass is 265 g/mol. The lowest BCUT2D eigenvalue weighted by atomic mass is 10.2. The summed E-state index contributed by atoms with van der Waals surface area (Å²) in [6.07, 6.45) is 3.04. The van der Waals surface area contributed by atoms with Gasteiger partial charge in [0, 0.05) is 32.5 Å². The number of carbonyl (C=O) groups is 1. The topological polar surface area (TPSA) is 76.4 Å². The summed E-state index contributed by atoms with van der Waals surface area (Å²) in [6.45, 7) is 1.96. The molecule has 0 aromatic heterocycles. The van der Waals surface area contributed by atoms with Gasteiger partial charge in [-0.2, -0.15) is 0 Å². The molecule has 0 unspecified atom stereocenters. The average Bonchev–Trinajstić information content (AvgIpc) is 2.43. The van der Waals surface area contributed by atoms with Crippen LogP contribution in [0.5, 0.6) is 0 Å². The number of carbonyl (C=O) groups excluding carboxylic acids is 1. The van der Waals surface area contributed by atoms with Gasteiger partial charge < -0.3 is 21.1 Å². The van der Waals surface area contributed by atoms with Crippen LogP contribution in [0, 0.1) is 0 Å². The van der Waals surface area contributed by atoms with Gasteiger partial charge in [0.25, 0.3) is 0 Å². The van der Waals surface area contributed by atoms with E-state index in [0.29, 0.717) is 13.1 Å². The number of methoxy groups -OCH3 is 1. The van der Waals surface area contributed by atoms with E-state index in [9.17, 15) is 4.79 Å². The Balaban J connectivity index is 2.16. The summed E-state index contributed by atoms with van der Waals surface area (Å²) in [5.74, 6) is 0. The van der Waals surface area contributed by atoms with E-state index in [-0.39, 0.29) is 6.03 Å². The molecule has 0 radical (unpaired) electrons. The summed E-state index contributed by atoms with van der Waals surface area (Å²) >= 11 is 0. The first-order valence-corrected chi connectivity index (χ1v) is 6.59. The van der Waals surface area contributed by atoms with E-state index in [1.54, 1.807) is 7.11 Å².